The maximum absolute atomic E-state index is 6.18. The summed E-state index contributed by atoms with van der Waals surface area (Å²) < 4.78 is 1.93. The van der Waals surface area contributed by atoms with Crippen LogP contribution in [0.15, 0.2) is 6.20 Å². The molecule has 0 bridgehead atoms. The first-order valence-corrected chi connectivity index (χ1v) is 8.46. The Kier molecular flexibility index (Phi) is 7.40. The van der Waals surface area contributed by atoms with Crippen LogP contribution >= 0.6 is 0 Å². The minimum atomic E-state index is 0.279. The van der Waals surface area contributed by atoms with Crippen LogP contribution in [-0.4, -0.2) is 33.8 Å². The van der Waals surface area contributed by atoms with E-state index >= 15 is 0 Å². The maximum Gasteiger partial charge on any atom is 0.0670 e. The van der Waals surface area contributed by atoms with E-state index < -0.39 is 0 Å². The molecule has 4 heteroatoms. The van der Waals surface area contributed by atoms with Gasteiger partial charge in [-0.15, -0.1) is 0 Å². The third-order valence-electron chi connectivity index (χ3n) is 4.24. The van der Waals surface area contributed by atoms with Crippen LogP contribution in [0.5, 0.6) is 0 Å². The van der Waals surface area contributed by atoms with E-state index in [1.165, 1.54) is 24.1 Å². The number of hydrogen-bond donors (Lipinski definition) is 1. The van der Waals surface area contributed by atoms with Gasteiger partial charge in [-0.2, -0.15) is 5.10 Å². The molecule has 0 amide bonds. The topological polar surface area (TPSA) is 47.1 Å². The average Bonchev–Trinajstić information content (AvgIpc) is 2.81. The number of aromatic nitrogens is 2. The summed E-state index contributed by atoms with van der Waals surface area (Å²) in [7, 11) is 2.00. The molecule has 1 heterocycles. The third kappa shape index (κ3) is 4.55. The molecule has 0 saturated heterocycles. The van der Waals surface area contributed by atoms with Crippen LogP contribution < -0.4 is 5.73 Å². The van der Waals surface area contributed by atoms with E-state index in [0.717, 1.165) is 13.0 Å². The Balaban J connectivity index is 3.15. The lowest BCUT2D eigenvalue weighted by atomic mass is 9.98. The molecule has 4 nitrogen and oxygen atoms in total. The first kappa shape index (κ1) is 18.2. The van der Waals surface area contributed by atoms with Gasteiger partial charge in [-0.1, -0.05) is 34.6 Å². The lowest BCUT2D eigenvalue weighted by Gasteiger charge is -2.38. The molecular formula is C17H34N4. The average molecular weight is 294 g/mol. The molecule has 21 heavy (non-hydrogen) atoms. The van der Waals surface area contributed by atoms with Crippen molar-refractivity contribution in [2.24, 2.45) is 18.7 Å². The van der Waals surface area contributed by atoms with Crippen LogP contribution in [-0.2, 0) is 13.5 Å². The van der Waals surface area contributed by atoms with Crippen molar-refractivity contribution < 1.29 is 0 Å². The molecule has 0 aromatic carbocycles. The van der Waals surface area contributed by atoms with Crippen molar-refractivity contribution in [2.45, 2.75) is 66.0 Å². The number of rotatable bonds is 9. The van der Waals surface area contributed by atoms with Gasteiger partial charge in [0.2, 0.25) is 0 Å². The van der Waals surface area contributed by atoms with E-state index in [-0.39, 0.29) is 6.04 Å². The van der Waals surface area contributed by atoms with Crippen molar-refractivity contribution in [3.05, 3.63) is 17.5 Å². The third-order valence-corrected chi connectivity index (χ3v) is 4.24. The molecule has 1 aromatic heterocycles. The van der Waals surface area contributed by atoms with Gasteiger partial charge in [-0.05, 0) is 25.2 Å². The van der Waals surface area contributed by atoms with Crippen molar-refractivity contribution in [1.29, 1.82) is 0 Å². The highest BCUT2D eigenvalue weighted by atomic mass is 15.3. The molecule has 0 saturated carbocycles. The van der Waals surface area contributed by atoms with Crippen molar-refractivity contribution >= 4 is 0 Å². The Hall–Kier alpha value is -0.870. The van der Waals surface area contributed by atoms with Gasteiger partial charge in [0.05, 0.1) is 11.7 Å². The zero-order valence-electron chi connectivity index (χ0n) is 14.8. The van der Waals surface area contributed by atoms with Gasteiger partial charge < -0.3 is 5.73 Å². The van der Waals surface area contributed by atoms with Crippen LogP contribution in [0.1, 0.15) is 64.8 Å². The minimum Gasteiger partial charge on any atom is -0.329 e. The van der Waals surface area contributed by atoms with Crippen LogP contribution in [0.4, 0.5) is 0 Å². The van der Waals surface area contributed by atoms with Gasteiger partial charge in [-0.3, -0.25) is 9.58 Å². The van der Waals surface area contributed by atoms with Crippen molar-refractivity contribution in [1.82, 2.24) is 14.7 Å². The van der Waals surface area contributed by atoms with Gasteiger partial charge in [0, 0.05) is 37.9 Å². The lowest BCUT2D eigenvalue weighted by Crippen LogP contribution is -2.43. The summed E-state index contributed by atoms with van der Waals surface area (Å²) in [5.74, 6) is 0.640. The smallest absolute Gasteiger partial charge is 0.0670 e. The summed E-state index contributed by atoms with van der Waals surface area (Å²) in [6.07, 6.45) is 5.46. The summed E-state index contributed by atoms with van der Waals surface area (Å²) in [6.45, 7) is 13.0. The minimum absolute atomic E-state index is 0.279. The molecule has 1 rings (SSSR count). The Labute approximate surface area is 130 Å². The zero-order chi connectivity index (χ0) is 16.0. The SMILES string of the molecule is CCc1nn(C)cc1C(CN)N(CC(C)C)C(CC)CC. The summed E-state index contributed by atoms with van der Waals surface area (Å²) in [4.78, 5) is 2.61. The molecule has 2 N–H and O–H groups in total. The highest BCUT2D eigenvalue weighted by molar-refractivity contribution is 5.22. The van der Waals surface area contributed by atoms with Crippen LogP contribution in [0, 0.1) is 5.92 Å². The Morgan fingerprint density at radius 3 is 2.29 bits per heavy atom. The van der Waals surface area contributed by atoms with Crippen LogP contribution in [0.2, 0.25) is 0 Å². The molecule has 0 spiro atoms. The normalized spacial score (nSPS) is 13.6. The Bertz CT molecular complexity index is 407. The maximum atomic E-state index is 6.18. The monoisotopic (exact) mass is 294 g/mol. The summed E-state index contributed by atoms with van der Waals surface area (Å²) in [5, 5.41) is 4.60. The summed E-state index contributed by atoms with van der Waals surface area (Å²) in [6, 6.07) is 0.867. The molecule has 0 aliphatic heterocycles. The van der Waals surface area contributed by atoms with Gasteiger partial charge in [-0.25, -0.2) is 0 Å². The van der Waals surface area contributed by atoms with Crippen molar-refractivity contribution in [3.8, 4) is 0 Å². The predicted molar refractivity (Wildman–Crippen MR) is 90.3 cm³/mol. The second kappa shape index (κ2) is 8.54. The van der Waals surface area contributed by atoms with Gasteiger partial charge in [0.25, 0.3) is 0 Å². The molecule has 1 unspecified atom stereocenters. The fourth-order valence-corrected chi connectivity index (χ4v) is 3.26. The van der Waals surface area contributed by atoms with Gasteiger partial charge >= 0.3 is 0 Å². The summed E-state index contributed by atoms with van der Waals surface area (Å²) in [5.41, 5.74) is 8.69. The van der Waals surface area contributed by atoms with Crippen molar-refractivity contribution in [2.75, 3.05) is 13.1 Å². The highest BCUT2D eigenvalue weighted by Crippen LogP contribution is 2.28. The molecule has 122 valence electrons. The molecule has 0 aliphatic rings. The van der Waals surface area contributed by atoms with Crippen molar-refractivity contribution in [3.63, 3.8) is 0 Å². The van der Waals surface area contributed by atoms with Crippen LogP contribution in [0.3, 0.4) is 0 Å². The second-order valence-electron chi connectivity index (χ2n) is 6.37. The molecule has 0 fully saturated rings. The van der Waals surface area contributed by atoms with E-state index in [1.54, 1.807) is 0 Å². The van der Waals surface area contributed by atoms with Gasteiger partial charge in [0.15, 0.2) is 0 Å². The van der Waals surface area contributed by atoms with E-state index in [2.05, 4.69) is 50.8 Å². The largest absolute Gasteiger partial charge is 0.329 e. The number of aryl methyl sites for hydroxylation is 2. The number of hydrogen-bond acceptors (Lipinski definition) is 3. The Morgan fingerprint density at radius 2 is 1.86 bits per heavy atom. The zero-order valence-corrected chi connectivity index (χ0v) is 14.8. The Morgan fingerprint density at radius 1 is 1.24 bits per heavy atom. The summed E-state index contributed by atoms with van der Waals surface area (Å²) >= 11 is 0. The molecule has 0 aliphatic carbocycles. The van der Waals surface area contributed by atoms with E-state index in [9.17, 15) is 0 Å². The van der Waals surface area contributed by atoms with E-state index in [0.29, 0.717) is 18.5 Å². The first-order valence-electron chi connectivity index (χ1n) is 8.46. The molecule has 0 radical (unpaired) electrons. The standard InChI is InChI=1S/C17H34N4/c1-7-14(8-2)21(11-13(4)5)17(10-18)15-12-20(6)19-16(15)9-3/h12-14,17H,7-11,18H2,1-6H3. The van der Waals surface area contributed by atoms with Gasteiger partial charge in [0.1, 0.15) is 0 Å². The molecule has 1 atom stereocenters. The predicted octanol–water partition coefficient (Wildman–Crippen LogP) is 3.13. The molecule has 1 aromatic rings. The second-order valence-corrected chi connectivity index (χ2v) is 6.37. The number of nitrogens with two attached hydrogens (primary N) is 1. The first-order chi connectivity index (χ1) is 9.98. The lowest BCUT2D eigenvalue weighted by molar-refractivity contribution is 0.112. The van der Waals surface area contributed by atoms with E-state index in [4.69, 9.17) is 5.73 Å². The molecular weight excluding hydrogens is 260 g/mol. The van der Waals surface area contributed by atoms with Crippen LogP contribution in [0.25, 0.3) is 0 Å². The highest BCUT2D eigenvalue weighted by Gasteiger charge is 2.28. The number of nitrogens with zero attached hydrogens (tertiary/aromatic N) is 3. The fourth-order valence-electron chi connectivity index (χ4n) is 3.26. The quantitative estimate of drug-likeness (QED) is 0.761. The van der Waals surface area contributed by atoms with E-state index in [1.807, 2.05) is 11.7 Å². The fraction of sp³-hybridized carbons (Fsp3) is 0.824.